The second kappa shape index (κ2) is 9.80. The lowest BCUT2D eigenvalue weighted by Gasteiger charge is -2.34. The Morgan fingerprint density at radius 3 is 2.50 bits per heavy atom. The Bertz CT molecular complexity index is 446. The van der Waals surface area contributed by atoms with Gasteiger partial charge in [-0.05, 0) is 56.5 Å². The van der Waals surface area contributed by atoms with E-state index in [1.807, 2.05) is 0 Å². The first-order valence-electron chi connectivity index (χ1n) is 7.95. The molecule has 1 saturated heterocycles. The van der Waals surface area contributed by atoms with Gasteiger partial charge in [-0.2, -0.15) is 0 Å². The molecule has 1 amide bonds. The fourth-order valence-corrected chi connectivity index (χ4v) is 2.92. The fourth-order valence-electron chi connectivity index (χ4n) is 2.92. The zero-order valence-corrected chi connectivity index (χ0v) is 14.0. The van der Waals surface area contributed by atoms with Crippen molar-refractivity contribution >= 4 is 18.3 Å². The molecule has 0 saturated carbocycles. The number of hydrogen-bond donors (Lipinski definition) is 1. The lowest BCUT2D eigenvalue weighted by molar-refractivity contribution is -0.134. The molecule has 1 aliphatic heterocycles. The maximum Gasteiger partial charge on any atom is 0.223 e. The highest BCUT2D eigenvalue weighted by atomic mass is 35.5. The van der Waals surface area contributed by atoms with Crippen LogP contribution in [0.3, 0.4) is 0 Å². The fraction of sp³-hybridized carbons (Fsp3) is 0.588. The molecule has 0 atom stereocenters. The Balaban J connectivity index is 0.00000242. The van der Waals surface area contributed by atoms with Crippen LogP contribution in [0.25, 0.3) is 0 Å². The van der Waals surface area contributed by atoms with E-state index in [9.17, 15) is 9.18 Å². The molecule has 0 bridgehead atoms. The number of rotatable bonds is 6. The summed E-state index contributed by atoms with van der Waals surface area (Å²) in [7, 11) is 0. The van der Waals surface area contributed by atoms with Crippen molar-refractivity contribution < 1.29 is 9.18 Å². The first kappa shape index (κ1) is 18.9. The van der Waals surface area contributed by atoms with Crippen LogP contribution in [0.4, 0.5) is 4.39 Å². The largest absolute Gasteiger partial charge is 0.340 e. The van der Waals surface area contributed by atoms with Crippen molar-refractivity contribution in [2.75, 3.05) is 19.6 Å². The van der Waals surface area contributed by atoms with Gasteiger partial charge in [0.05, 0.1) is 0 Å². The lowest BCUT2D eigenvalue weighted by Crippen LogP contribution is -2.46. The van der Waals surface area contributed by atoms with E-state index < -0.39 is 0 Å². The average molecular weight is 329 g/mol. The Hall–Kier alpha value is -1.13. The Morgan fingerprint density at radius 1 is 1.27 bits per heavy atom. The summed E-state index contributed by atoms with van der Waals surface area (Å²) in [5.41, 5.74) is 1.02. The number of amides is 1. The van der Waals surface area contributed by atoms with E-state index in [4.69, 9.17) is 0 Å². The van der Waals surface area contributed by atoms with Crippen LogP contribution >= 0.6 is 12.4 Å². The summed E-state index contributed by atoms with van der Waals surface area (Å²) in [6.45, 7) is 4.94. The predicted octanol–water partition coefficient (Wildman–Crippen LogP) is 3.17. The summed E-state index contributed by atoms with van der Waals surface area (Å²) >= 11 is 0. The van der Waals surface area contributed by atoms with Crippen LogP contribution in [0.2, 0.25) is 0 Å². The summed E-state index contributed by atoms with van der Waals surface area (Å²) in [6.07, 6.45) is 4.27. The summed E-state index contributed by atoms with van der Waals surface area (Å²) in [5, 5.41) is 3.34. The van der Waals surface area contributed by atoms with Crippen LogP contribution in [0.5, 0.6) is 0 Å². The molecule has 0 radical (unpaired) electrons. The van der Waals surface area contributed by atoms with E-state index in [0.717, 1.165) is 44.5 Å². The molecule has 1 aliphatic rings. The van der Waals surface area contributed by atoms with Gasteiger partial charge in [0.25, 0.3) is 0 Å². The molecule has 3 nitrogen and oxygen atoms in total. The molecule has 1 N–H and O–H groups in total. The normalized spacial score (nSPS) is 15.2. The number of aryl methyl sites for hydroxylation is 1. The third-order valence-electron chi connectivity index (χ3n) is 4.08. The summed E-state index contributed by atoms with van der Waals surface area (Å²) in [5.74, 6) is 0.000432. The number of benzene rings is 1. The van der Waals surface area contributed by atoms with Crippen LogP contribution in [-0.2, 0) is 11.2 Å². The molecular weight excluding hydrogens is 303 g/mol. The highest BCUT2D eigenvalue weighted by Gasteiger charge is 2.24. The molecule has 0 spiro atoms. The average Bonchev–Trinajstić information content (AvgIpc) is 2.52. The number of carbonyl (C=O) groups excluding carboxylic acids is 1. The van der Waals surface area contributed by atoms with Gasteiger partial charge in [-0.1, -0.05) is 19.1 Å². The minimum Gasteiger partial charge on any atom is -0.340 e. The SMILES string of the molecule is CCCN(C(=O)CCc1ccc(F)cc1)C1CCNCC1.Cl. The summed E-state index contributed by atoms with van der Waals surface area (Å²) in [6, 6.07) is 6.81. The van der Waals surface area contributed by atoms with Crippen molar-refractivity contribution in [3.05, 3.63) is 35.6 Å². The van der Waals surface area contributed by atoms with E-state index >= 15 is 0 Å². The Kier molecular flexibility index (Phi) is 8.43. The van der Waals surface area contributed by atoms with E-state index in [1.165, 1.54) is 12.1 Å². The lowest BCUT2D eigenvalue weighted by atomic mass is 10.0. The van der Waals surface area contributed by atoms with E-state index in [1.54, 1.807) is 12.1 Å². The third-order valence-corrected chi connectivity index (χ3v) is 4.08. The number of piperidine rings is 1. The van der Waals surface area contributed by atoms with Crippen molar-refractivity contribution in [3.63, 3.8) is 0 Å². The van der Waals surface area contributed by atoms with Gasteiger partial charge in [-0.15, -0.1) is 12.4 Å². The van der Waals surface area contributed by atoms with Gasteiger partial charge in [-0.3, -0.25) is 4.79 Å². The van der Waals surface area contributed by atoms with Gasteiger partial charge in [0.2, 0.25) is 5.91 Å². The van der Waals surface area contributed by atoms with E-state index in [-0.39, 0.29) is 24.1 Å². The van der Waals surface area contributed by atoms with Crippen LogP contribution in [0.15, 0.2) is 24.3 Å². The smallest absolute Gasteiger partial charge is 0.223 e. The minimum atomic E-state index is -0.229. The topological polar surface area (TPSA) is 32.3 Å². The monoisotopic (exact) mass is 328 g/mol. The second-order valence-electron chi connectivity index (χ2n) is 5.69. The minimum absolute atomic E-state index is 0. The molecule has 0 aromatic heterocycles. The maximum absolute atomic E-state index is 12.9. The highest BCUT2D eigenvalue weighted by molar-refractivity contribution is 5.85. The predicted molar refractivity (Wildman–Crippen MR) is 89.9 cm³/mol. The van der Waals surface area contributed by atoms with Crippen molar-refractivity contribution in [3.8, 4) is 0 Å². The second-order valence-corrected chi connectivity index (χ2v) is 5.69. The van der Waals surface area contributed by atoms with Crippen LogP contribution in [-0.4, -0.2) is 36.5 Å². The summed E-state index contributed by atoms with van der Waals surface area (Å²) in [4.78, 5) is 14.6. The number of hydrogen-bond acceptors (Lipinski definition) is 2. The number of carbonyl (C=O) groups is 1. The quantitative estimate of drug-likeness (QED) is 0.870. The molecule has 2 rings (SSSR count). The Morgan fingerprint density at radius 2 is 1.91 bits per heavy atom. The van der Waals surface area contributed by atoms with Crippen molar-refractivity contribution in [1.82, 2.24) is 10.2 Å². The van der Waals surface area contributed by atoms with Crippen molar-refractivity contribution in [2.24, 2.45) is 0 Å². The summed E-state index contributed by atoms with van der Waals surface area (Å²) < 4.78 is 12.9. The molecular formula is C17H26ClFN2O. The number of nitrogens with one attached hydrogen (secondary N) is 1. The van der Waals surface area contributed by atoms with Gasteiger partial charge in [-0.25, -0.2) is 4.39 Å². The number of halogens is 2. The zero-order chi connectivity index (χ0) is 15.1. The molecule has 0 unspecified atom stereocenters. The Labute approximate surface area is 138 Å². The van der Waals surface area contributed by atoms with Gasteiger partial charge in [0, 0.05) is 19.0 Å². The van der Waals surface area contributed by atoms with Crippen molar-refractivity contribution in [2.45, 2.75) is 45.1 Å². The highest BCUT2D eigenvalue weighted by Crippen LogP contribution is 2.15. The molecule has 124 valence electrons. The first-order chi connectivity index (χ1) is 10.2. The third kappa shape index (κ3) is 5.58. The van der Waals surface area contributed by atoms with Gasteiger partial charge >= 0.3 is 0 Å². The molecule has 1 aromatic rings. The van der Waals surface area contributed by atoms with Gasteiger partial charge in [0.1, 0.15) is 5.82 Å². The van der Waals surface area contributed by atoms with Gasteiger partial charge < -0.3 is 10.2 Å². The van der Waals surface area contributed by atoms with Gasteiger partial charge in [0.15, 0.2) is 0 Å². The molecule has 0 aliphatic carbocycles. The first-order valence-corrected chi connectivity index (χ1v) is 7.95. The molecule has 1 fully saturated rings. The van der Waals surface area contributed by atoms with E-state index in [2.05, 4.69) is 17.1 Å². The molecule has 22 heavy (non-hydrogen) atoms. The van der Waals surface area contributed by atoms with Crippen LogP contribution in [0.1, 0.15) is 38.2 Å². The van der Waals surface area contributed by atoms with Crippen LogP contribution in [0, 0.1) is 5.82 Å². The van der Waals surface area contributed by atoms with Crippen LogP contribution < -0.4 is 5.32 Å². The maximum atomic E-state index is 12.9. The number of nitrogens with zero attached hydrogens (tertiary/aromatic N) is 1. The molecule has 1 heterocycles. The van der Waals surface area contributed by atoms with E-state index in [0.29, 0.717) is 18.9 Å². The van der Waals surface area contributed by atoms with Crippen molar-refractivity contribution in [1.29, 1.82) is 0 Å². The molecule has 5 heteroatoms. The standard InChI is InChI=1S/C17H25FN2O.ClH/c1-2-13-20(16-9-11-19-12-10-16)17(21)8-5-14-3-6-15(18)7-4-14;/h3-4,6-7,16,19H,2,5,8-13H2,1H3;1H. The zero-order valence-electron chi connectivity index (χ0n) is 13.2. The molecule has 1 aromatic carbocycles.